The highest BCUT2D eigenvalue weighted by Crippen LogP contribution is 2.32. The standard InChI is InChI=1S/C15H22BrNO2/c1-4-7-18-15-12(17-3)9-14(15)19-13-8-11(16)6-5-10(13)2/h5-6,8,12,14-15,17H,4,7,9H2,1-3H3. The summed E-state index contributed by atoms with van der Waals surface area (Å²) in [5.41, 5.74) is 1.16. The van der Waals surface area contributed by atoms with Crippen molar-refractivity contribution in [1.29, 1.82) is 0 Å². The van der Waals surface area contributed by atoms with Gasteiger partial charge in [0.15, 0.2) is 0 Å². The number of halogens is 1. The van der Waals surface area contributed by atoms with Crippen molar-refractivity contribution in [2.75, 3.05) is 13.7 Å². The molecule has 1 fully saturated rings. The van der Waals surface area contributed by atoms with Crippen LogP contribution in [0.15, 0.2) is 22.7 Å². The molecule has 0 heterocycles. The molecule has 0 aliphatic heterocycles. The molecule has 2 rings (SSSR count). The first-order chi connectivity index (χ1) is 9.15. The molecule has 0 spiro atoms. The lowest BCUT2D eigenvalue weighted by molar-refractivity contribution is -0.106. The van der Waals surface area contributed by atoms with Gasteiger partial charge in [-0.3, -0.25) is 0 Å². The third-order valence-electron chi connectivity index (χ3n) is 3.56. The SMILES string of the molecule is CCCOC1C(NC)CC1Oc1cc(Br)ccc1C. The number of nitrogens with one attached hydrogen (secondary N) is 1. The van der Waals surface area contributed by atoms with Crippen LogP contribution >= 0.6 is 15.9 Å². The largest absolute Gasteiger partial charge is 0.487 e. The van der Waals surface area contributed by atoms with Crippen molar-refractivity contribution >= 4 is 15.9 Å². The lowest BCUT2D eigenvalue weighted by Gasteiger charge is -2.43. The summed E-state index contributed by atoms with van der Waals surface area (Å²) >= 11 is 3.49. The summed E-state index contributed by atoms with van der Waals surface area (Å²) < 4.78 is 13.0. The molecule has 3 atom stereocenters. The Kier molecular flexibility index (Phi) is 5.25. The van der Waals surface area contributed by atoms with Gasteiger partial charge in [-0.25, -0.2) is 0 Å². The third kappa shape index (κ3) is 3.50. The highest BCUT2D eigenvalue weighted by Gasteiger charge is 2.43. The van der Waals surface area contributed by atoms with Crippen LogP contribution in [-0.4, -0.2) is 31.9 Å². The Morgan fingerprint density at radius 3 is 2.89 bits per heavy atom. The molecule has 1 N–H and O–H groups in total. The summed E-state index contributed by atoms with van der Waals surface area (Å²) in [5, 5.41) is 3.29. The molecule has 0 aromatic heterocycles. The minimum absolute atomic E-state index is 0.150. The molecular formula is C15H22BrNO2. The maximum atomic E-state index is 6.11. The fourth-order valence-corrected chi connectivity index (χ4v) is 2.66. The second-order valence-electron chi connectivity index (χ2n) is 5.03. The molecule has 0 amide bonds. The van der Waals surface area contributed by atoms with Gasteiger partial charge in [-0.15, -0.1) is 0 Å². The Morgan fingerprint density at radius 2 is 2.21 bits per heavy atom. The summed E-state index contributed by atoms with van der Waals surface area (Å²) in [7, 11) is 1.98. The molecule has 3 nitrogen and oxygen atoms in total. The number of hydrogen-bond donors (Lipinski definition) is 1. The number of benzene rings is 1. The zero-order chi connectivity index (χ0) is 13.8. The summed E-state index contributed by atoms with van der Waals surface area (Å²) in [6, 6.07) is 6.53. The van der Waals surface area contributed by atoms with Crippen LogP contribution in [0.1, 0.15) is 25.3 Å². The van der Waals surface area contributed by atoms with E-state index in [4.69, 9.17) is 9.47 Å². The van der Waals surface area contributed by atoms with Gasteiger partial charge in [-0.05, 0) is 38.1 Å². The van der Waals surface area contributed by atoms with E-state index >= 15 is 0 Å². The molecule has 0 saturated heterocycles. The van der Waals surface area contributed by atoms with Gasteiger partial charge in [0.2, 0.25) is 0 Å². The lowest BCUT2D eigenvalue weighted by Crippen LogP contribution is -2.60. The molecule has 1 aliphatic rings. The third-order valence-corrected chi connectivity index (χ3v) is 4.06. The highest BCUT2D eigenvalue weighted by atomic mass is 79.9. The molecule has 0 radical (unpaired) electrons. The quantitative estimate of drug-likeness (QED) is 0.869. The number of hydrogen-bond acceptors (Lipinski definition) is 3. The molecule has 3 unspecified atom stereocenters. The first-order valence-corrected chi connectivity index (χ1v) is 7.66. The van der Waals surface area contributed by atoms with E-state index in [2.05, 4.69) is 41.2 Å². The topological polar surface area (TPSA) is 30.5 Å². The van der Waals surface area contributed by atoms with Gasteiger partial charge < -0.3 is 14.8 Å². The minimum atomic E-state index is 0.150. The fourth-order valence-electron chi connectivity index (χ4n) is 2.32. The molecular weight excluding hydrogens is 306 g/mol. The molecule has 19 heavy (non-hydrogen) atoms. The summed E-state index contributed by atoms with van der Waals surface area (Å²) in [6.07, 6.45) is 2.34. The van der Waals surface area contributed by atoms with Crippen LogP contribution in [0.2, 0.25) is 0 Å². The van der Waals surface area contributed by atoms with E-state index in [1.54, 1.807) is 0 Å². The first kappa shape index (κ1) is 14.8. The molecule has 4 heteroatoms. The smallest absolute Gasteiger partial charge is 0.128 e. The fraction of sp³-hybridized carbons (Fsp3) is 0.600. The maximum absolute atomic E-state index is 6.11. The van der Waals surface area contributed by atoms with Gasteiger partial charge in [0.25, 0.3) is 0 Å². The van der Waals surface area contributed by atoms with Crippen LogP contribution in [0, 0.1) is 6.92 Å². The summed E-state index contributed by atoms with van der Waals surface area (Å²) in [5.74, 6) is 0.944. The van der Waals surface area contributed by atoms with Crippen LogP contribution in [-0.2, 0) is 4.74 Å². The van der Waals surface area contributed by atoms with E-state index < -0.39 is 0 Å². The number of rotatable bonds is 6. The molecule has 106 valence electrons. The average Bonchev–Trinajstić information content (AvgIpc) is 2.38. The monoisotopic (exact) mass is 327 g/mol. The van der Waals surface area contributed by atoms with E-state index in [9.17, 15) is 0 Å². The van der Waals surface area contributed by atoms with Crippen LogP contribution in [0.4, 0.5) is 0 Å². The van der Waals surface area contributed by atoms with Crippen LogP contribution < -0.4 is 10.1 Å². The number of likely N-dealkylation sites (N-methyl/N-ethyl adjacent to an activating group) is 1. The normalized spacial score (nSPS) is 26.0. The molecule has 1 saturated carbocycles. The average molecular weight is 328 g/mol. The maximum Gasteiger partial charge on any atom is 0.128 e. The molecule has 1 aromatic carbocycles. The molecule has 0 bridgehead atoms. The Balaban J connectivity index is 2.00. The van der Waals surface area contributed by atoms with Gasteiger partial charge in [-0.1, -0.05) is 28.9 Å². The minimum Gasteiger partial charge on any atom is -0.487 e. The second-order valence-corrected chi connectivity index (χ2v) is 5.95. The summed E-state index contributed by atoms with van der Waals surface area (Å²) in [4.78, 5) is 0. The van der Waals surface area contributed by atoms with Gasteiger partial charge in [-0.2, -0.15) is 0 Å². The van der Waals surface area contributed by atoms with Crippen LogP contribution in [0.25, 0.3) is 0 Å². The lowest BCUT2D eigenvalue weighted by atomic mass is 9.85. The van der Waals surface area contributed by atoms with Crippen molar-refractivity contribution in [3.8, 4) is 5.75 Å². The molecule has 1 aliphatic carbocycles. The van der Waals surface area contributed by atoms with Crippen molar-refractivity contribution in [2.45, 2.75) is 44.9 Å². The zero-order valence-corrected chi connectivity index (χ0v) is 13.4. The van der Waals surface area contributed by atoms with Gasteiger partial charge >= 0.3 is 0 Å². The van der Waals surface area contributed by atoms with E-state index in [0.29, 0.717) is 6.04 Å². The Hall–Kier alpha value is -0.580. The van der Waals surface area contributed by atoms with Crippen LogP contribution in [0.3, 0.4) is 0 Å². The Morgan fingerprint density at radius 1 is 1.42 bits per heavy atom. The second kappa shape index (κ2) is 6.73. The Labute approximate surface area is 123 Å². The van der Waals surface area contributed by atoms with E-state index in [1.807, 2.05) is 19.2 Å². The van der Waals surface area contributed by atoms with Gasteiger partial charge in [0.1, 0.15) is 18.0 Å². The van der Waals surface area contributed by atoms with E-state index in [1.165, 1.54) is 0 Å². The summed E-state index contributed by atoms with van der Waals surface area (Å²) in [6.45, 7) is 4.99. The van der Waals surface area contributed by atoms with Crippen molar-refractivity contribution in [3.05, 3.63) is 28.2 Å². The Bertz CT molecular complexity index is 425. The van der Waals surface area contributed by atoms with E-state index in [-0.39, 0.29) is 12.2 Å². The zero-order valence-electron chi connectivity index (χ0n) is 11.8. The number of aryl methyl sites for hydroxylation is 1. The van der Waals surface area contributed by atoms with Gasteiger partial charge in [0.05, 0.1) is 0 Å². The predicted molar refractivity (Wildman–Crippen MR) is 80.8 cm³/mol. The van der Waals surface area contributed by atoms with Crippen LogP contribution in [0.5, 0.6) is 5.75 Å². The highest BCUT2D eigenvalue weighted by molar-refractivity contribution is 9.10. The van der Waals surface area contributed by atoms with Crippen molar-refractivity contribution in [3.63, 3.8) is 0 Å². The van der Waals surface area contributed by atoms with Crippen molar-refractivity contribution in [2.24, 2.45) is 0 Å². The first-order valence-electron chi connectivity index (χ1n) is 6.87. The predicted octanol–water partition coefficient (Wildman–Crippen LogP) is 3.29. The molecule has 1 aromatic rings. The number of ether oxygens (including phenoxy) is 2. The van der Waals surface area contributed by atoms with Gasteiger partial charge in [0, 0.05) is 23.5 Å². The van der Waals surface area contributed by atoms with E-state index in [0.717, 1.165) is 35.2 Å². The van der Waals surface area contributed by atoms with Crippen molar-refractivity contribution < 1.29 is 9.47 Å². The van der Waals surface area contributed by atoms with Crippen molar-refractivity contribution in [1.82, 2.24) is 5.32 Å².